The summed E-state index contributed by atoms with van der Waals surface area (Å²) in [7, 11) is 1.29. The van der Waals surface area contributed by atoms with Crippen molar-refractivity contribution in [2.45, 2.75) is 19.8 Å². The maximum absolute atomic E-state index is 11.9. The van der Waals surface area contributed by atoms with Crippen molar-refractivity contribution in [3.8, 4) is 0 Å². The van der Waals surface area contributed by atoms with Crippen molar-refractivity contribution >= 4 is 23.4 Å². The number of esters is 1. The summed E-state index contributed by atoms with van der Waals surface area (Å²) in [6, 6.07) is 7.01. The minimum Gasteiger partial charge on any atom is -0.468 e. The van der Waals surface area contributed by atoms with E-state index in [0.717, 1.165) is 5.56 Å². The zero-order chi connectivity index (χ0) is 12.8. The Morgan fingerprint density at radius 2 is 1.88 bits per heavy atom. The van der Waals surface area contributed by atoms with E-state index in [9.17, 15) is 9.59 Å². The molecule has 17 heavy (non-hydrogen) atoms. The second-order valence-corrected chi connectivity index (χ2v) is 4.19. The normalized spacial score (nSPS) is 11.9. The lowest BCUT2D eigenvalue weighted by Gasteiger charge is -2.11. The van der Waals surface area contributed by atoms with Crippen molar-refractivity contribution < 1.29 is 14.3 Å². The highest BCUT2D eigenvalue weighted by Gasteiger charge is 2.25. The van der Waals surface area contributed by atoms with Crippen LogP contribution in [0.1, 0.15) is 18.9 Å². The third-order valence-corrected chi connectivity index (χ3v) is 2.83. The van der Waals surface area contributed by atoms with Crippen LogP contribution in [-0.2, 0) is 20.7 Å². The van der Waals surface area contributed by atoms with E-state index in [-0.39, 0.29) is 12.2 Å². The lowest BCUT2D eigenvalue weighted by Crippen LogP contribution is -2.26. The van der Waals surface area contributed by atoms with Crippen molar-refractivity contribution in [3.63, 3.8) is 0 Å². The molecule has 1 rings (SSSR count). The molecule has 0 spiro atoms. The van der Waals surface area contributed by atoms with E-state index in [2.05, 4.69) is 4.74 Å². The zero-order valence-electron chi connectivity index (χ0n) is 9.90. The molecule has 3 nitrogen and oxygen atoms in total. The first-order valence-corrected chi connectivity index (χ1v) is 5.81. The summed E-state index contributed by atoms with van der Waals surface area (Å²) in [6.07, 6.45) is 0.684. The van der Waals surface area contributed by atoms with Crippen LogP contribution in [0.15, 0.2) is 24.3 Å². The van der Waals surface area contributed by atoms with Gasteiger partial charge in [0, 0.05) is 11.4 Å². The Labute approximate surface area is 106 Å². The van der Waals surface area contributed by atoms with Gasteiger partial charge in [0.2, 0.25) is 0 Å². The number of ether oxygens (including phenoxy) is 1. The molecule has 1 atom stereocenters. The van der Waals surface area contributed by atoms with Gasteiger partial charge in [0.25, 0.3) is 0 Å². The largest absolute Gasteiger partial charge is 0.468 e. The van der Waals surface area contributed by atoms with Crippen LogP contribution in [0, 0.1) is 5.92 Å². The molecule has 0 heterocycles. The number of ketones is 1. The number of methoxy groups -OCH3 is 1. The number of halogens is 1. The molecule has 4 heteroatoms. The molecule has 0 bridgehead atoms. The van der Waals surface area contributed by atoms with Gasteiger partial charge in [0.15, 0.2) is 5.78 Å². The first-order chi connectivity index (χ1) is 8.08. The highest BCUT2D eigenvalue weighted by molar-refractivity contribution is 6.30. The van der Waals surface area contributed by atoms with Crippen LogP contribution in [0.2, 0.25) is 5.02 Å². The van der Waals surface area contributed by atoms with Gasteiger partial charge in [-0.2, -0.15) is 0 Å². The fourth-order valence-corrected chi connectivity index (χ4v) is 1.72. The highest BCUT2D eigenvalue weighted by atomic mass is 35.5. The van der Waals surface area contributed by atoms with E-state index in [1.54, 1.807) is 31.2 Å². The van der Waals surface area contributed by atoms with Crippen molar-refractivity contribution in [2.75, 3.05) is 7.11 Å². The van der Waals surface area contributed by atoms with Gasteiger partial charge in [0.05, 0.1) is 7.11 Å². The molecule has 0 fully saturated rings. The average Bonchev–Trinajstić information content (AvgIpc) is 2.32. The predicted molar refractivity (Wildman–Crippen MR) is 66.0 cm³/mol. The molecule has 0 aliphatic heterocycles. The van der Waals surface area contributed by atoms with Gasteiger partial charge in [-0.05, 0) is 24.1 Å². The number of hydrogen-bond acceptors (Lipinski definition) is 3. The minimum atomic E-state index is -0.671. The molecule has 1 aromatic carbocycles. The molecule has 0 radical (unpaired) electrons. The fraction of sp³-hybridized carbons (Fsp3) is 0.385. The van der Waals surface area contributed by atoms with Crippen LogP contribution in [0.3, 0.4) is 0 Å². The van der Waals surface area contributed by atoms with Crippen molar-refractivity contribution in [2.24, 2.45) is 5.92 Å². The number of carbonyl (C=O) groups is 2. The monoisotopic (exact) mass is 254 g/mol. The van der Waals surface area contributed by atoms with Crippen molar-refractivity contribution in [1.29, 1.82) is 0 Å². The third kappa shape index (κ3) is 3.86. The molecular formula is C13H15ClO3. The Morgan fingerprint density at radius 3 is 2.35 bits per heavy atom. The number of hydrogen-bond donors (Lipinski definition) is 0. The van der Waals surface area contributed by atoms with Crippen LogP contribution in [0.4, 0.5) is 0 Å². The summed E-state index contributed by atoms with van der Waals surface area (Å²) in [5, 5.41) is 0.626. The van der Waals surface area contributed by atoms with Crippen LogP contribution < -0.4 is 0 Å². The summed E-state index contributed by atoms with van der Waals surface area (Å²) < 4.78 is 4.60. The second-order valence-electron chi connectivity index (χ2n) is 3.75. The van der Waals surface area contributed by atoms with Crippen LogP contribution in [0.5, 0.6) is 0 Å². The number of carbonyl (C=O) groups excluding carboxylic acids is 2. The standard InChI is InChI=1S/C13H15ClO3/c1-3-11(13(16)17-2)12(15)8-9-4-6-10(14)7-5-9/h4-7,11H,3,8H2,1-2H3. The van der Waals surface area contributed by atoms with Gasteiger partial charge < -0.3 is 4.74 Å². The van der Waals surface area contributed by atoms with E-state index < -0.39 is 11.9 Å². The summed E-state index contributed by atoms with van der Waals surface area (Å²) >= 11 is 5.75. The van der Waals surface area contributed by atoms with Crippen molar-refractivity contribution in [1.82, 2.24) is 0 Å². The molecule has 1 aromatic rings. The maximum atomic E-state index is 11.9. The number of Topliss-reactive ketones (excluding diaryl/α,β-unsaturated/α-hetero) is 1. The first kappa shape index (κ1) is 13.7. The molecule has 0 aromatic heterocycles. The van der Waals surface area contributed by atoms with Gasteiger partial charge in [-0.3, -0.25) is 9.59 Å². The van der Waals surface area contributed by atoms with Crippen LogP contribution >= 0.6 is 11.6 Å². The van der Waals surface area contributed by atoms with E-state index in [1.165, 1.54) is 7.11 Å². The summed E-state index contributed by atoms with van der Waals surface area (Å²) in [5.41, 5.74) is 0.849. The molecular weight excluding hydrogens is 240 g/mol. The lowest BCUT2D eigenvalue weighted by atomic mass is 9.96. The molecule has 0 saturated carbocycles. The van der Waals surface area contributed by atoms with Gasteiger partial charge in [0.1, 0.15) is 5.92 Å². The van der Waals surface area contributed by atoms with Crippen LogP contribution in [0.25, 0.3) is 0 Å². The van der Waals surface area contributed by atoms with Crippen LogP contribution in [-0.4, -0.2) is 18.9 Å². The van der Waals surface area contributed by atoms with Crippen molar-refractivity contribution in [3.05, 3.63) is 34.9 Å². The van der Waals surface area contributed by atoms with Gasteiger partial charge >= 0.3 is 5.97 Å². The Hall–Kier alpha value is -1.35. The van der Waals surface area contributed by atoms with E-state index >= 15 is 0 Å². The topological polar surface area (TPSA) is 43.4 Å². The predicted octanol–water partition coefficient (Wildman–Crippen LogP) is 2.65. The number of benzene rings is 1. The van der Waals surface area contributed by atoms with E-state index in [4.69, 9.17) is 11.6 Å². The smallest absolute Gasteiger partial charge is 0.316 e. The van der Waals surface area contributed by atoms with Gasteiger partial charge in [-0.15, -0.1) is 0 Å². The molecule has 92 valence electrons. The number of rotatable bonds is 5. The quantitative estimate of drug-likeness (QED) is 0.599. The second kappa shape index (κ2) is 6.40. The SMILES string of the molecule is CCC(C(=O)Cc1ccc(Cl)cc1)C(=O)OC. The first-order valence-electron chi connectivity index (χ1n) is 5.43. The average molecular weight is 255 g/mol. The zero-order valence-corrected chi connectivity index (χ0v) is 10.7. The molecule has 0 aliphatic rings. The van der Waals surface area contributed by atoms with E-state index in [0.29, 0.717) is 11.4 Å². The molecule has 0 N–H and O–H groups in total. The molecule has 0 aliphatic carbocycles. The summed E-state index contributed by atoms with van der Waals surface area (Å²) in [5.74, 6) is -1.26. The Balaban J connectivity index is 2.70. The summed E-state index contributed by atoms with van der Waals surface area (Å²) in [6.45, 7) is 1.79. The highest BCUT2D eigenvalue weighted by Crippen LogP contribution is 2.14. The minimum absolute atomic E-state index is 0.123. The molecule has 0 saturated heterocycles. The van der Waals surface area contributed by atoms with E-state index in [1.807, 2.05) is 0 Å². The molecule has 0 amide bonds. The lowest BCUT2D eigenvalue weighted by molar-refractivity contribution is -0.149. The van der Waals surface area contributed by atoms with Gasteiger partial charge in [-0.1, -0.05) is 30.7 Å². The summed E-state index contributed by atoms with van der Waals surface area (Å²) in [4.78, 5) is 23.3. The third-order valence-electron chi connectivity index (χ3n) is 2.57. The van der Waals surface area contributed by atoms with Gasteiger partial charge in [-0.25, -0.2) is 0 Å². The Morgan fingerprint density at radius 1 is 1.29 bits per heavy atom. The maximum Gasteiger partial charge on any atom is 0.316 e. The fourth-order valence-electron chi connectivity index (χ4n) is 1.59. The molecule has 1 unspecified atom stereocenters. The Kier molecular flexibility index (Phi) is 5.16. The Bertz CT molecular complexity index is 398.